The molecule has 0 fully saturated rings. The molecule has 0 aliphatic heterocycles. The molecule has 0 aliphatic rings. The molecule has 90 valence electrons. The van der Waals surface area contributed by atoms with Gasteiger partial charge in [-0.05, 0) is 40.8 Å². The van der Waals surface area contributed by atoms with E-state index in [1.165, 1.54) is 0 Å². The smallest absolute Gasteiger partial charge is 0.287 e. The molecule has 0 spiro atoms. The quantitative estimate of drug-likeness (QED) is 0.408. The maximum absolute atomic E-state index is 12.2. The number of aromatic amines is 3. The molecule has 2 aromatic heterocycles. The van der Waals surface area contributed by atoms with Crippen molar-refractivity contribution in [2.45, 2.75) is 0 Å². The van der Waals surface area contributed by atoms with Gasteiger partial charge in [0.05, 0.1) is 5.52 Å². The zero-order valence-corrected chi connectivity index (χ0v) is 11.0. The Morgan fingerprint density at radius 2 is 1.72 bits per heavy atom. The van der Waals surface area contributed by atoms with Crippen LogP contribution in [0.2, 0.25) is 0 Å². The second-order valence-corrected chi connectivity index (χ2v) is 5.05. The Bertz CT molecular complexity index is 952. The van der Waals surface area contributed by atoms with Gasteiger partial charge in [-0.1, -0.05) is 0 Å². The highest BCUT2D eigenvalue weighted by molar-refractivity contribution is 14.1. The summed E-state index contributed by atoms with van der Waals surface area (Å²) in [6.07, 6.45) is 0. The summed E-state index contributed by atoms with van der Waals surface area (Å²) in [5.41, 5.74) is -1.04. The van der Waals surface area contributed by atoms with Gasteiger partial charge in [0, 0.05) is 8.96 Å². The Hall–Kier alpha value is -1.90. The van der Waals surface area contributed by atoms with Crippen LogP contribution in [0.5, 0.6) is 0 Å². The number of hydrogen-bond donors (Lipinski definition) is 3. The van der Waals surface area contributed by atoms with Crippen LogP contribution in [0.25, 0.3) is 21.8 Å². The van der Waals surface area contributed by atoms with Gasteiger partial charge in [0.1, 0.15) is 10.9 Å². The molecule has 0 amide bonds. The molecule has 0 atom stereocenters. The average molecular weight is 355 g/mol. The van der Waals surface area contributed by atoms with Crippen molar-refractivity contribution < 1.29 is 0 Å². The lowest BCUT2D eigenvalue weighted by molar-refractivity contribution is 0.970. The second kappa shape index (κ2) is 3.80. The number of H-pyrrole nitrogens is 3. The van der Waals surface area contributed by atoms with Crippen molar-refractivity contribution in [2.24, 2.45) is 0 Å². The lowest BCUT2D eigenvalue weighted by Gasteiger charge is -2.01. The van der Waals surface area contributed by atoms with Crippen LogP contribution in [0.15, 0.2) is 32.6 Å². The number of aromatic nitrogens is 3. The van der Waals surface area contributed by atoms with Crippen molar-refractivity contribution in [1.29, 1.82) is 0 Å². The lowest BCUT2D eigenvalue weighted by Crippen LogP contribution is -2.25. The number of rotatable bonds is 0. The van der Waals surface area contributed by atoms with E-state index in [-0.39, 0.29) is 10.9 Å². The van der Waals surface area contributed by atoms with Gasteiger partial charge >= 0.3 is 0 Å². The van der Waals surface area contributed by atoms with Gasteiger partial charge in [-0.15, -0.1) is 0 Å². The van der Waals surface area contributed by atoms with E-state index in [0.29, 0.717) is 10.9 Å². The third-order valence-electron chi connectivity index (χ3n) is 2.71. The Morgan fingerprint density at radius 3 is 2.50 bits per heavy atom. The molecule has 0 saturated carbocycles. The minimum absolute atomic E-state index is 0.00162. The molecule has 0 unspecified atom stereocenters. The van der Waals surface area contributed by atoms with E-state index in [1.54, 1.807) is 18.2 Å². The first-order valence-corrected chi connectivity index (χ1v) is 6.12. The highest BCUT2D eigenvalue weighted by atomic mass is 127. The summed E-state index contributed by atoms with van der Waals surface area (Å²) in [6.45, 7) is 0. The molecule has 18 heavy (non-hydrogen) atoms. The molecule has 2 heterocycles. The van der Waals surface area contributed by atoms with Gasteiger partial charge in [-0.2, -0.15) is 0 Å². The Balaban J connectivity index is 2.74. The van der Waals surface area contributed by atoms with Gasteiger partial charge in [0.15, 0.2) is 0 Å². The van der Waals surface area contributed by atoms with Crippen molar-refractivity contribution in [2.75, 3.05) is 0 Å². The van der Waals surface area contributed by atoms with Crippen molar-refractivity contribution in [1.82, 2.24) is 15.2 Å². The topological polar surface area (TPSA) is 98.6 Å². The molecule has 0 saturated heterocycles. The van der Waals surface area contributed by atoms with Crippen LogP contribution in [-0.2, 0) is 0 Å². The number of nitrogens with one attached hydrogen (secondary N) is 3. The number of hydrogen-bond acceptors (Lipinski definition) is 3. The van der Waals surface area contributed by atoms with Crippen LogP contribution < -0.4 is 16.5 Å². The number of fused-ring (bicyclic) bond motifs is 2. The summed E-state index contributed by atoms with van der Waals surface area (Å²) >= 11 is 2.10. The summed E-state index contributed by atoms with van der Waals surface area (Å²) < 4.78 is 0.927. The predicted molar refractivity (Wildman–Crippen MR) is 76.0 cm³/mol. The fraction of sp³-hybridized carbons (Fsp3) is 0. The molecule has 3 aromatic rings. The first-order valence-electron chi connectivity index (χ1n) is 5.04. The number of benzene rings is 1. The first-order chi connectivity index (χ1) is 8.58. The maximum Gasteiger partial charge on any atom is 0.287 e. The van der Waals surface area contributed by atoms with Gasteiger partial charge in [0.2, 0.25) is 5.43 Å². The van der Waals surface area contributed by atoms with E-state index in [0.717, 1.165) is 3.57 Å². The predicted octanol–water partition coefficient (Wildman–Crippen LogP) is 0.662. The van der Waals surface area contributed by atoms with Crippen LogP contribution in [-0.4, -0.2) is 15.2 Å². The molecule has 6 nitrogen and oxygen atoms in total. The van der Waals surface area contributed by atoms with E-state index in [1.807, 2.05) is 0 Å². The lowest BCUT2D eigenvalue weighted by atomic mass is 10.1. The molecule has 0 radical (unpaired) electrons. The monoisotopic (exact) mass is 355 g/mol. The minimum atomic E-state index is -0.605. The average Bonchev–Trinajstić information content (AvgIpc) is 2.33. The maximum atomic E-state index is 12.2. The summed E-state index contributed by atoms with van der Waals surface area (Å²) in [7, 11) is 0. The molecule has 3 rings (SSSR count). The normalized spacial score (nSPS) is 11.2. The van der Waals surface area contributed by atoms with Crippen LogP contribution in [0.3, 0.4) is 0 Å². The van der Waals surface area contributed by atoms with E-state index in [2.05, 4.69) is 37.8 Å². The van der Waals surface area contributed by atoms with Crippen molar-refractivity contribution >= 4 is 44.4 Å². The highest BCUT2D eigenvalue weighted by Crippen LogP contribution is 2.13. The van der Waals surface area contributed by atoms with E-state index < -0.39 is 16.5 Å². The zero-order chi connectivity index (χ0) is 12.9. The molecule has 7 heteroatoms. The Morgan fingerprint density at radius 1 is 1.00 bits per heavy atom. The zero-order valence-electron chi connectivity index (χ0n) is 8.83. The third kappa shape index (κ3) is 1.50. The van der Waals surface area contributed by atoms with Crippen LogP contribution in [0.4, 0.5) is 0 Å². The summed E-state index contributed by atoms with van der Waals surface area (Å²) in [5.74, 6) is 0. The summed E-state index contributed by atoms with van der Waals surface area (Å²) in [6, 6.07) is 5.15. The van der Waals surface area contributed by atoms with E-state index in [4.69, 9.17) is 0 Å². The highest BCUT2D eigenvalue weighted by Gasteiger charge is 2.11. The van der Waals surface area contributed by atoms with Crippen LogP contribution in [0, 0.1) is 3.57 Å². The van der Waals surface area contributed by atoms with Crippen molar-refractivity contribution in [3.63, 3.8) is 0 Å². The molecule has 3 N–H and O–H groups in total. The van der Waals surface area contributed by atoms with Gasteiger partial charge < -0.3 is 4.98 Å². The molecular weight excluding hydrogens is 349 g/mol. The van der Waals surface area contributed by atoms with Gasteiger partial charge in [-0.3, -0.25) is 24.6 Å². The summed E-state index contributed by atoms with van der Waals surface area (Å²) in [4.78, 5) is 38.2. The van der Waals surface area contributed by atoms with Crippen LogP contribution in [0.1, 0.15) is 0 Å². The van der Waals surface area contributed by atoms with E-state index >= 15 is 0 Å². The minimum Gasteiger partial charge on any atom is -0.350 e. The first kappa shape index (κ1) is 11.2. The fourth-order valence-electron chi connectivity index (χ4n) is 1.89. The molecule has 0 bridgehead atoms. The largest absolute Gasteiger partial charge is 0.350 e. The second-order valence-electron chi connectivity index (χ2n) is 3.80. The van der Waals surface area contributed by atoms with E-state index in [9.17, 15) is 14.4 Å². The Labute approximate surface area is 112 Å². The standard InChI is InChI=1S/C11H6IN3O3/c12-4-1-2-5-6(3-4)13-8-7(9(5)16)10(17)14-15-11(8)18/h1-3H,(H,13,16)(H,14,17)(H,15,18). The fourth-order valence-corrected chi connectivity index (χ4v) is 2.38. The number of pyridine rings is 1. The third-order valence-corrected chi connectivity index (χ3v) is 3.38. The van der Waals surface area contributed by atoms with Crippen molar-refractivity contribution in [3.05, 3.63) is 52.7 Å². The SMILES string of the molecule is O=c1[nH][nH]c(=O)c2c(=O)c3ccc(I)cc3[nH]c12. The summed E-state index contributed by atoms with van der Waals surface area (Å²) in [5, 5.41) is 4.57. The Kier molecular flexibility index (Phi) is 2.37. The van der Waals surface area contributed by atoms with Crippen molar-refractivity contribution in [3.8, 4) is 0 Å². The van der Waals surface area contributed by atoms with Gasteiger partial charge in [0.25, 0.3) is 11.1 Å². The van der Waals surface area contributed by atoms with Crippen LogP contribution >= 0.6 is 22.6 Å². The molecular formula is C11H6IN3O3. The molecule has 0 aliphatic carbocycles. The van der Waals surface area contributed by atoms with Gasteiger partial charge in [-0.25, -0.2) is 0 Å². The molecule has 1 aromatic carbocycles. The number of halogens is 1.